The number of anilines is 1. The maximum atomic E-state index is 12.7. The summed E-state index contributed by atoms with van der Waals surface area (Å²) in [5.74, 6) is -0.0672. The van der Waals surface area contributed by atoms with E-state index in [0.29, 0.717) is 13.2 Å². The number of hydrogen-bond donors (Lipinski definition) is 2. The number of hydrogen-bond acceptors (Lipinski definition) is 5. The summed E-state index contributed by atoms with van der Waals surface area (Å²) in [4.78, 5) is 17.2. The standard InChI is InChI=1S/C23H24BrN3O2S/c1-16-26-21(15-30-16)17-4-2-7-20(12-17)27-22(28)14-25-23(8-10-29-11-9-23)18-5-3-6-19(24)13-18/h2-7,12-13,15,25H,8-11,14H2,1H3,(H,27,28). The fraction of sp³-hybridized carbons (Fsp3) is 0.304. The zero-order chi connectivity index (χ0) is 21.0. The summed E-state index contributed by atoms with van der Waals surface area (Å²) < 4.78 is 6.61. The highest BCUT2D eigenvalue weighted by Crippen LogP contribution is 2.33. The molecular weight excluding hydrogens is 462 g/mol. The largest absolute Gasteiger partial charge is 0.381 e. The SMILES string of the molecule is Cc1nc(-c2cccc(NC(=O)CNC3(c4cccc(Br)c4)CCOCC3)c2)cs1. The Labute approximate surface area is 189 Å². The van der Waals surface area contributed by atoms with Crippen molar-refractivity contribution < 1.29 is 9.53 Å². The molecule has 7 heteroatoms. The van der Waals surface area contributed by atoms with Crippen LogP contribution in [0.4, 0.5) is 5.69 Å². The van der Waals surface area contributed by atoms with E-state index in [1.54, 1.807) is 11.3 Å². The molecule has 0 saturated carbocycles. The number of halogens is 1. The normalized spacial score (nSPS) is 15.7. The lowest BCUT2D eigenvalue weighted by atomic mass is 9.82. The van der Waals surface area contributed by atoms with Crippen LogP contribution >= 0.6 is 27.3 Å². The van der Waals surface area contributed by atoms with Gasteiger partial charge in [-0.05, 0) is 49.6 Å². The van der Waals surface area contributed by atoms with Crippen molar-refractivity contribution in [3.8, 4) is 11.3 Å². The van der Waals surface area contributed by atoms with Crippen LogP contribution in [-0.2, 0) is 15.1 Å². The molecule has 4 rings (SSSR count). The Hall–Kier alpha value is -2.06. The lowest BCUT2D eigenvalue weighted by Crippen LogP contribution is -2.49. The molecular formula is C23H24BrN3O2S. The molecule has 2 N–H and O–H groups in total. The first-order valence-corrected chi connectivity index (χ1v) is 11.6. The minimum Gasteiger partial charge on any atom is -0.381 e. The molecule has 0 bridgehead atoms. The van der Waals surface area contributed by atoms with Crippen LogP contribution in [0.2, 0.25) is 0 Å². The number of nitrogens with one attached hydrogen (secondary N) is 2. The first-order valence-electron chi connectivity index (χ1n) is 9.95. The number of aromatic nitrogens is 1. The van der Waals surface area contributed by atoms with Gasteiger partial charge in [0.25, 0.3) is 0 Å². The van der Waals surface area contributed by atoms with Crippen LogP contribution in [0.1, 0.15) is 23.4 Å². The van der Waals surface area contributed by atoms with E-state index in [-0.39, 0.29) is 18.0 Å². The van der Waals surface area contributed by atoms with E-state index in [2.05, 4.69) is 43.7 Å². The molecule has 0 unspecified atom stereocenters. The van der Waals surface area contributed by atoms with Crippen molar-refractivity contribution in [2.24, 2.45) is 0 Å². The monoisotopic (exact) mass is 485 g/mol. The molecule has 30 heavy (non-hydrogen) atoms. The smallest absolute Gasteiger partial charge is 0.238 e. The second kappa shape index (κ2) is 9.39. The van der Waals surface area contributed by atoms with E-state index < -0.39 is 0 Å². The van der Waals surface area contributed by atoms with Crippen molar-refractivity contribution in [1.82, 2.24) is 10.3 Å². The Balaban J connectivity index is 1.44. The van der Waals surface area contributed by atoms with Crippen LogP contribution in [-0.4, -0.2) is 30.6 Å². The number of nitrogens with zero attached hydrogens (tertiary/aromatic N) is 1. The molecule has 0 atom stereocenters. The second-order valence-electron chi connectivity index (χ2n) is 7.44. The lowest BCUT2D eigenvalue weighted by Gasteiger charge is -2.38. The molecule has 2 heterocycles. The predicted molar refractivity (Wildman–Crippen MR) is 125 cm³/mol. The zero-order valence-electron chi connectivity index (χ0n) is 16.8. The van der Waals surface area contributed by atoms with Gasteiger partial charge in [-0.25, -0.2) is 4.98 Å². The predicted octanol–water partition coefficient (Wildman–Crippen LogP) is 5.12. The van der Waals surface area contributed by atoms with Gasteiger partial charge in [0.1, 0.15) is 0 Å². The van der Waals surface area contributed by atoms with Crippen LogP contribution in [0.5, 0.6) is 0 Å². The molecule has 1 fully saturated rings. The van der Waals surface area contributed by atoms with Crippen LogP contribution in [0.3, 0.4) is 0 Å². The molecule has 1 amide bonds. The summed E-state index contributed by atoms with van der Waals surface area (Å²) in [6.45, 7) is 3.57. The third kappa shape index (κ3) is 4.98. The van der Waals surface area contributed by atoms with Crippen LogP contribution in [0.25, 0.3) is 11.3 Å². The van der Waals surface area contributed by atoms with Gasteiger partial charge >= 0.3 is 0 Å². The van der Waals surface area contributed by atoms with Gasteiger partial charge in [0, 0.05) is 39.9 Å². The number of thiazole rings is 1. The van der Waals surface area contributed by atoms with Gasteiger partial charge in [0.15, 0.2) is 0 Å². The van der Waals surface area contributed by atoms with Crippen molar-refractivity contribution >= 4 is 38.9 Å². The number of aryl methyl sites for hydroxylation is 1. The summed E-state index contributed by atoms with van der Waals surface area (Å²) >= 11 is 5.18. The van der Waals surface area contributed by atoms with Crippen molar-refractivity contribution in [1.29, 1.82) is 0 Å². The third-order valence-electron chi connectivity index (χ3n) is 5.37. The summed E-state index contributed by atoms with van der Waals surface area (Å²) in [5, 5.41) is 9.60. The van der Waals surface area contributed by atoms with Gasteiger partial charge in [-0.3, -0.25) is 10.1 Å². The molecule has 1 aliphatic heterocycles. The number of carbonyl (C=O) groups excluding carboxylic acids is 1. The summed E-state index contributed by atoms with van der Waals surface area (Å²) in [6, 6.07) is 16.1. The van der Waals surface area contributed by atoms with Gasteiger partial charge in [0.2, 0.25) is 5.91 Å². The van der Waals surface area contributed by atoms with Gasteiger partial charge in [-0.2, -0.15) is 0 Å². The molecule has 5 nitrogen and oxygen atoms in total. The van der Waals surface area contributed by atoms with E-state index in [1.165, 1.54) is 5.56 Å². The maximum absolute atomic E-state index is 12.7. The van der Waals surface area contributed by atoms with Crippen molar-refractivity contribution in [2.45, 2.75) is 25.3 Å². The topological polar surface area (TPSA) is 63.2 Å². The Morgan fingerprint density at radius 1 is 1.20 bits per heavy atom. The molecule has 1 aliphatic rings. The average molecular weight is 486 g/mol. The van der Waals surface area contributed by atoms with Crippen LogP contribution in [0, 0.1) is 6.92 Å². The van der Waals surface area contributed by atoms with Crippen LogP contribution in [0.15, 0.2) is 58.4 Å². The van der Waals surface area contributed by atoms with Crippen molar-refractivity contribution in [2.75, 3.05) is 25.1 Å². The van der Waals surface area contributed by atoms with Gasteiger partial charge < -0.3 is 10.1 Å². The first kappa shape index (κ1) is 21.2. The number of amides is 1. The zero-order valence-corrected chi connectivity index (χ0v) is 19.2. The van der Waals surface area contributed by atoms with Crippen molar-refractivity contribution in [3.63, 3.8) is 0 Å². The molecule has 2 aromatic carbocycles. The highest BCUT2D eigenvalue weighted by atomic mass is 79.9. The molecule has 3 aromatic rings. The molecule has 0 radical (unpaired) electrons. The van der Waals surface area contributed by atoms with Crippen molar-refractivity contribution in [3.05, 3.63) is 69.0 Å². The summed E-state index contributed by atoms with van der Waals surface area (Å²) in [5.41, 5.74) is 3.62. The third-order valence-corrected chi connectivity index (χ3v) is 6.64. The Kier molecular flexibility index (Phi) is 6.63. The van der Waals surface area contributed by atoms with Gasteiger partial charge in [-0.15, -0.1) is 11.3 Å². The minimum absolute atomic E-state index is 0.0672. The number of rotatable bonds is 6. The minimum atomic E-state index is -0.265. The Morgan fingerprint density at radius 2 is 2.00 bits per heavy atom. The van der Waals surface area contributed by atoms with E-state index in [9.17, 15) is 4.79 Å². The number of carbonyl (C=O) groups is 1. The van der Waals surface area contributed by atoms with Gasteiger partial charge in [0.05, 0.1) is 17.2 Å². The highest BCUT2D eigenvalue weighted by Gasteiger charge is 2.34. The van der Waals surface area contributed by atoms with E-state index in [0.717, 1.165) is 39.3 Å². The average Bonchev–Trinajstić information content (AvgIpc) is 3.20. The van der Waals surface area contributed by atoms with Crippen LogP contribution < -0.4 is 10.6 Å². The molecule has 1 saturated heterocycles. The van der Waals surface area contributed by atoms with E-state index >= 15 is 0 Å². The lowest BCUT2D eigenvalue weighted by molar-refractivity contribution is -0.116. The Morgan fingerprint density at radius 3 is 2.73 bits per heavy atom. The second-order valence-corrected chi connectivity index (χ2v) is 9.42. The number of benzene rings is 2. The quantitative estimate of drug-likeness (QED) is 0.508. The van der Waals surface area contributed by atoms with E-state index in [4.69, 9.17) is 4.74 Å². The molecule has 0 spiro atoms. The van der Waals surface area contributed by atoms with E-state index in [1.807, 2.05) is 48.7 Å². The highest BCUT2D eigenvalue weighted by molar-refractivity contribution is 9.10. The maximum Gasteiger partial charge on any atom is 0.238 e. The molecule has 1 aromatic heterocycles. The number of ether oxygens (including phenoxy) is 1. The summed E-state index contributed by atoms with van der Waals surface area (Å²) in [6.07, 6.45) is 1.66. The molecule has 0 aliphatic carbocycles. The summed E-state index contributed by atoms with van der Waals surface area (Å²) in [7, 11) is 0. The Bertz CT molecular complexity index is 1030. The first-order chi connectivity index (χ1) is 14.5. The fourth-order valence-corrected chi connectivity index (χ4v) is 4.80. The van der Waals surface area contributed by atoms with Gasteiger partial charge in [-0.1, -0.05) is 40.2 Å². The molecule has 156 valence electrons. The fourth-order valence-electron chi connectivity index (χ4n) is 3.78.